The second-order valence-electron chi connectivity index (χ2n) is 11.8. The van der Waals surface area contributed by atoms with E-state index in [1.54, 1.807) is 0 Å². The molecule has 1 saturated heterocycles. The second-order valence-corrected chi connectivity index (χ2v) is 12.2. The third-order valence-corrected chi connectivity index (χ3v) is 9.23. The average Bonchev–Trinajstić information content (AvgIpc) is 3.10. The lowest BCUT2D eigenvalue weighted by atomic mass is 9.57. The summed E-state index contributed by atoms with van der Waals surface area (Å²) >= 11 is 6.35. The molecule has 7 nitrogen and oxygen atoms in total. The van der Waals surface area contributed by atoms with E-state index in [0.717, 1.165) is 48.8 Å². The Morgan fingerprint density at radius 2 is 1.71 bits per heavy atom. The van der Waals surface area contributed by atoms with E-state index in [1.165, 1.54) is 19.3 Å². The van der Waals surface area contributed by atoms with Gasteiger partial charge >= 0.3 is 6.18 Å². The van der Waals surface area contributed by atoms with Crippen LogP contribution in [0.3, 0.4) is 0 Å². The van der Waals surface area contributed by atoms with E-state index < -0.39 is 17.4 Å². The number of halogens is 5. The van der Waals surface area contributed by atoms with Crippen LogP contribution in [0.2, 0.25) is 5.02 Å². The Bertz CT molecular complexity index is 1390. The number of anilines is 1. The van der Waals surface area contributed by atoms with E-state index in [4.69, 9.17) is 11.6 Å². The molecule has 0 bridgehead atoms. The topological polar surface area (TPSA) is 63.0 Å². The van der Waals surface area contributed by atoms with E-state index in [2.05, 4.69) is 34.5 Å². The Balaban J connectivity index is 1.11. The predicted molar refractivity (Wildman–Crippen MR) is 131 cm³/mol. The van der Waals surface area contributed by atoms with Gasteiger partial charge in [-0.15, -0.1) is 10.2 Å². The molecular formula is C26H26ClF4N7. The summed E-state index contributed by atoms with van der Waals surface area (Å²) in [6.45, 7) is 3.89. The van der Waals surface area contributed by atoms with Crippen LogP contribution in [-0.2, 0) is 13.1 Å². The van der Waals surface area contributed by atoms with Crippen LogP contribution in [0.25, 0.3) is 5.69 Å². The van der Waals surface area contributed by atoms with Crippen molar-refractivity contribution in [2.24, 2.45) is 10.8 Å². The zero-order chi connectivity index (χ0) is 26.4. The molecule has 200 valence electrons. The molecule has 0 atom stereocenters. The lowest BCUT2D eigenvalue weighted by Gasteiger charge is -2.58. The summed E-state index contributed by atoms with van der Waals surface area (Å²) in [6, 6.07) is 5.52. The molecule has 1 spiro atoms. The molecule has 2 aromatic heterocycles. The van der Waals surface area contributed by atoms with Gasteiger partial charge < -0.3 is 4.90 Å². The summed E-state index contributed by atoms with van der Waals surface area (Å²) in [7, 11) is 0. The monoisotopic (exact) mass is 547 g/mol. The molecule has 7 rings (SSSR count). The van der Waals surface area contributed by atoms with Crippen LogP contribution in [0.5, 0.6) is 0 Å². The maximum absolute atomic E-state index is 13.5. The van der Waals surface area contributed by atoms with Crippen molar-refractivity contribution in [1.82, 2.24) is 29.6 Å². The number of aromatic nitrogens is 5. The van der Waals surface area contributed by atoms with Crippen LogP contribution in [-0.4, -0.2) is 54.9 Å². The van der Waals surface area contributed by atoms with E-state index in [0.29, 0.717) is 24.1 Å². The van der Waals surface area contributed by atoms with Gasteiger partial charge in [0.05, 0.1) is 30.0 Å². The van der Waals surface area contributed by atoms with Crippen LogP contribution in [0.1, 0.15) is 55.7 Å². The molecule has 4 aliphatic rings. The average molecular weight is 548 g/mol. The van der Waals surface area contributed by atoms with Crippen molar-refractivity contribution in [2.45, 2.75) is 63.8 Å². The normalized spacial score (nSPS) is 26.7. The maximum Gasteiger partial charge on any atom is 0.394 e. The molecular weight excluding hydrogens is 522 g/mol. The van der Waals surface area contributed by atoms with E-state index >= 15 is 0 Å². The summed E-state index contributed by atoms with van der Waals surface area (Å²) in [6.07, 6.45) is 0.207. The van der Waals surface area contributed by atoms with E-state index in [1.807, 2.05) is 18.2 Å². The van der Waals surface area contributed by atoms with Gasteiger partial charge in [-0.05, 0) is 49.4 Å². The maximum atomic E-state index is 13.5. The lowest BCUT2D eigenvalue weighted by molar-refractivity contribution is -0.258. The smallest absolute Gasteiger partial charge is 0.340 e. The number of hydrogen-bond donors (Lipinski definition) is 0. The number of benzene rings is 1. The predicted octanol–water partition coefficient (Wildman–Crippen LogP) is 5.28. The number of nitrogens with zero attached hydrogens (tertiary/aromatic N) is 7. The minimum Gasteiger partial charge on any atom is -0.340 e. The zero-order valence-corrected chi connectivity index (χ0v) is 21.5. The van der Waals surface area contributed by atoms with E-state index in [-0.39, 0.29) is 30.2 Å². The molecule has 0 radical (unpaired) electrons. The lowest BCUT2D eigenvalue weighted by Crippen LogP contribution is -2.62. The fraction of sp³-hybridized carbons (Fsp3) is 0.538. The van der Waals surface area contributed by atoms with Gasteiger partial charge in [-0.1, -0.05) is 18.5 Å². The van der Waals surface area contributed by atoms with E-state index in [9.17, 15) is 17.6 Å². The fourth-order valence-corrected chi connectivity index (χ4v) is 7.04. The molecule has 3 aromatic rings. The third-order valence-electron chi connectivity index (χ3n) is 8.99. The third kappa shape index (κ3) is 3.72. The quantitative estimate of drug-likeness (QED) is 0.416. The first kappa shape index (κ1) is 24.3. The molecule has 3 fully saturated rings. The molecule has 0 unspecified atom stereocenters. The van der Waals surface area contributed by atoms with Gasteiger partial charge in [0.1, 0.15) is 5.82 Å². The zero-order valence-electron chi connectivity index (χ0n) is 20.7. The van der Waals surface area contributed by atoms with Gasteiger partial charge in [-0.3, -0.25) is 9.47 Å². The van der Waals surface area contributed by atoms with Crippen molar-refractivity contribution >= 4 is 17.5 Å². The standard InChI is InChI=1S/C26H26ClF4N7/c1-24(26(29,30)31)7-19(8-24)36-11-15-4-17(27)2-3-20(15)38-21(12-36)34-35-22(38)16-5-25(6-16)13-37(14-25)23-32-9-18(28)10-33-23/h2-4,9-10,16,19H,5-8,11-14H2,1H3. The Morgan fingerprint density at radius 1 is 1.00 bits per heavy atom. The molecule has 0 amide bonds. The molecule has 1 aromatic carbocycles. The molecule has 4 heterocycles. The number of fused-ring (bicyclic) bond motifs is 3. The highest BCUT2D eigenvalue weighted by Crippen LogP contribution is 2.57. The van der Waals surface area contributed by atoms with Crippen LogP contribution in [0, 0.1) is 16.6 Å². The van der Waals surface area contributed by atoms with Gasteiger partial charge in [-0.2, -0.15) is 13.2 Å². The van der Waals surface area contributed by atoms with Crippen molar-refractivity contribution in [3.8, 4) is 5.69 Å². The summed E-state index contributed by atoms with van der Waals surface area (Å²) in [5.74, 6) is 1.95. The Morgan fingerprint density at radius 3 is 2.39 bits per heavy atom. The fourth-order valence-electron chi connectivity index (χ4n) is 6.84. The Labute approximate surface area is 221 Å². The van der Waals surface area contributed by atoms with Crippen LogP contribution in [0.4, 0.5) is 23.5 Å². The minimum absolute atomic E-state index is 0.0762. The molecule has 2 aliphatic carbocycles. The largest absolute Gasteiger partial charge is 0.394 e. The van der Waals surface area contributed by atoms with Gasteiger partial charge in [0, 0.05) is 42.0 Å². The summed E-state index contributed by atoms with van der Waals surface area (Å²) in [5, 5.41) is 9.72. The molecule has 2 saturated carbocycles. The van der Waals surface area contributed by atoms with Gasteiger partial charge in [0.2, 0.25) is 5.95 Å². The molecule has 12 heteroatoms. The number of rotatable bonds is 3. The van der Waals surface area contributed by atoms with Gasteiger partial charge in [-0.25, -0.2) is 14.4 Å². The van der Waals surface area contributed by atoms with Crippen LogP contribution < -0.4 is 4.90 Å². The van der Waals surface area contributed by atoms with Crippen molar-refractivity contribution in [2.75, 3.05) is 18.0 Å². The molecule has 2 aliphatic heterocycles. The van der Waals surface area contributed by atoms with Crippen LogP contribution >= 0.6 is 11.6 Å². The molecule has 0 N–H and O–H groups in total. The summed E-state index contributed by atoms with van der Waals surface area (Å²) < 4.78 is 55.8. The van der Waals surface area contributed by atoms with Crippen molar-refractivity contribution in [3.63, 3.8) is 0 Å². The number of hydrogen-bond acceptors (Lipinski definition) is 6. The molecule has 38 heavy (non-hydrogen) atoms. The highest BCUT2D eigenvalue weighted by atomic mass is 35.5. The highest BCUT2D eigenvalue weighted by molar-refractivity contribution is 6.30. The van der Waals surface area contributed by atoms with Gasteiger partial charge in [0.25, 0.3) is 0 Å². The first-order valence-electron chi connectivity index (χ1n) is 12.8. The Hall–Kier alpha value is -2.79. The van der Waals surface area contributed by atoms with Gasteiger partial charge in [0.15, 0.2) is 11.6 Å². The SMILES string of the molecule is CC1(C(F)(F)F)CC(N2Cc3cc(Cl)ccc3-n3c(nnc3C3CC4(C3)CN(c3ncc(F)cn3)C4)C2)C1. The number of alkyl halides is 3. The Kier molecular flexibility index (Phi) is 5.18. The van der Waals surface area contributed by atoms with Crippen molar-refractivity contribution < 1.29 is 17.6 Å². The summed E-state index contributed by atoms with van der Waals surface area (Å²) in [4.78, 5) is 12.3. The van der Waals surface area contributed by atoms with Crippen LogP contribution in [0.15, 0.2) is 30.6 Å². The highest BCUT2D eigenvalue weighted by Gasteiger charge is 2.60. The second kappa shape index (κ2) is 8.11. The first-order valence-corrected chi connectivity index (χ1v) is 13.2. The van der Waals surface area contributed by atoms with Crippen molar-refractivity contribution in [3.05, 3.63) is 58.6 Å². The first-order chi connectivity index (χ1) is 18.0. The minimum atomic E-state index is -4.20. The summed E-state index contributed by atoms with van der Waals surface area (Å²) in [5.41, 5.74) is 0.425. The van der Waals surface area contributed by atoms with Crippen molar-refractivity contribution in [1.29, 1.82) is 0 Å².